The minimum absolute atomic E-state index is 0.0423. The standard InChI is InChI=1S/C11H20BrNO3/c1-8-9(7-12)13(5-6-15-8)10(14)16-11(2,3)4/h8-9H,5-7H2,1-4H3. The van der Waals surface area contributed by atoms with Crippen molar-refractivity contribution >= 4 is 22.0 Å². The second kappa shape index (κ2) is 5.36. The summed E-state index contributed by atoms with van der Waals surface area (Å²) in [4.78, 5) is 13.7. The number of nitrogens with zero attached hydrogens (tertiary/aromatic N) is 1. The van der Waals surface area contributed by atoms with E-state index in [1.54, 1.807) is 4.90 Å². The predicted molar refractivity (Wildman–Crippen MR) is 65.9 cm³/mol. The Bertz CT molecular complexity index is 252. The fraction of sp³-hybridized carbons (Fsp3) is 0.909. The lowest BCUT2D eigenvalue weighted by atomic mass is 10.1. The van der Waals surface area contributed by atoms with Gasteiger partial charge in [0.2, 0.25) is 0 Å². The zero-order valence-electron chi connectivity index (χ0n) is 10.3. The molecule has 0 spiro atoms. The van der Waals surface area contributed by atoms with Gasteiger partial charge in [0.25, 0.3) is 0 Å². The van der Waals surface area contributed by atoms with Crippen LogP contribution in [-0.4, -0.2) is 47.2 Å². The molecule has 0 aromatic heterocycles. The van der Waals surface area contributed by atoms with Gasteiger partial charge in [-0.3, -0.25) is 4.90 Å². The minimum atomic E-state index is -0.449. The summed E-state index contributed by atoms with van der Waals surface area (Å²) in [7, 11) is 0. The lowest BCUT2D eigenvalue weighted by molar-refractivity contribution is -0.0615. The first-order valence-electron chi connectivity index (χ1n) is 5.52. The molecule has 1 rings (SSSR count). The minimum Gasteiger partial charge on any atom is -0.444 e. The highest BCUT2D eigenvalue weighted by molar-refractivity contribution is 9.09. The first-order chi connectivity index (χ1) is 7.35. The third-order valence-electron chi connectivity index (χ3n) is 2.44. The molecule has 1 aliphatic rings. The summed E-state index contributed by atoms with van der Waals surface area (Å²) in [6, 6.07) is 0.0450. The Morgan fingerprint density at radius 2 is 2.19 bits per heavy atom. The molecule has 0 N–H and O–H groups in total. The molecule has 5 heteroatoms. The number of alkyl halides is 1. The molecule has 0 aliphatic carbocycles. The molecule has 1 saturated heterocycles. The second-order valence-corrected chi connectivity index (χ2v) is 5.62. The van der Waals surface area contributed by atoms with Crippen molar-refractivity contribution in [2.45, 2.75) is 45.4 Å². The van der Waals surface area contributed by atoms with Crippen LogP contribution in [0.1, 0.15) is 27.7 Å². The molecular formula is C11H20BrNO3. The molecule has 4 nitrogen and oxygen atoms in total. The van der Waals surface area contributed by atoms with Gasteiger partial charge in [-0.05, 0) is 27.7 Å². The van der Waals surface area contributed by atoms with Crippen molar-refractivity contribution in [3.63, 3.8) is 0 Å². The van der Waals surface area contributed by atoms with Gasteiger partial charge in [-0.15, -0.1) is 0 Å². The van der Waals surface area contributed by atoms with Crippen LogP contribution in [0.2, 0.25) is 0 Å². The highest BCUT2D eigenvalue weighted by atomic mass is 79.9. The van der Waals surface area contributed by atoms with Crippen molar-refractivity contribution < 1.29 is 14.3 Å². The largest absolute Gasteiger partial charge is 0.444 e. The molecule has 0 aromatic rings. The number of carbonyl (C=O) groups is 1. The Morgan fingerprint density at radius 3 is 2.69 bits per heavy atom. The van der Waals surface area contributed by atoms with Gasteiger partial charge in [0.1, 0.15) is 5.60 Å². The number of carbonyl (C=O) groups excluding carboxylic acids is 1. The molecule has 1 aliphatic heterocycles. The van der Waals surface area contributed by atoms with E-state index < -0.39 is 5.60 Å². The summed E-state index contributed by atoms with van der Waals surface area (Å²) >= 11 is 3.41. The summed E-state index contributed by atoms with van der Waals surface area (Å²) in [6.45, 7) is 8.76. The topological polar surface area (TPSA) is 38.8 Å². The maximum Gasteiger partial charge on any atom is 0.410 e. The molecule has 0 saturated carbocycles. The summed E-state index contributed by atoms with van der Waals surface area (Å²) < 4.78 is 10.9. The summed E-state index contributed by atoms with van der Waals surface area (Å²) in [5.74, 6) is 0. The van der Waals surface area contributed by atoms with E-state index in [1.807, 2.05) is 27.7 Å². The number of halogens is 1. The van der Waals surface area contributed by atoms with Gasteiger partial charge in [0, 0.05) is 11.9 Å². The van der Waals surface area contributed by atoms with Crippen molar-refractivity contribution in [2.24, 2.45) is 0 Å². The lowest BCUT2D eigenvalue weighted by Crippen LogP contribution is -2.54. The predicted octanol–water partition coefficient (Wildman–Crippen LogP) is 2.41. The highest BCUT2D eigenvalue weighted by Gasteiger charge is 2.34. The molecule has 0 radical (unpaired) electrons. The Labute approximate surface area is 105 Å². The van der Waals surface area contributed by atoms with Gasteiger partial charge in [-0.25, -0.2) is 4.79 Å². The van der Waals surface area contributed by atoms with Crippen LogP contribution in [0.4, 0.5) is 4.79 Å². The number of morpholine rings is 1. The second-order valence-electron chi connectivity index (χ2n) is 4.97. The smallest absolute Gasteiger partial charge is 0.410 e. The monoisotopic (exact) mass is 293 g/mol. The Kier molecular flexibility index (Phi) is 4.62. The quantitative estimate of drug-likeness (QED) is 0.697. The van der Waals surface area contributed by atoms with Crippen LogP contribution in [-0.2, 0) is 9.47 Å². The van der Waals surface area contributed by atoms with Crippen molar-refractivity contribution in [3.8, 4) is 0 Å². The van der Waals surface area contributed by atoms with Gasteiger partial charge in [-0.2, -0.15) is 0 Å². The maximum atomic E-state index is 12.0. The first-order valence-corrected chi connectivity index (χ1v) is 6.64. The van der Waals surface area contributed by atoms with Crippen LogP contribution in [0.3, 0.4) is 0 Å². The zero-order chi connectivity index (χ0) is 12.3. The Balaban J connectivity index is 2.66. The molecule has 2 unspecified atom stereocenters. The van der Waals surface area contributed by atoms with Gasteiger partial charge < -0.3 is 9.47 Å². The normalized spacial score (nSPS) is 26.7. The average Bonchev–Trinajstić information content (AvgIpc) is 2.14. The van der Waals surface area contributed by atoms with Gasteiger partial charge in [-0.1, -0.05) is 15.9 Å². The molecule has 1 heterocycles. The van der Waals surface area contributed by atoms with Crippen LogP contribution in [0.15, 0.2) is 0 Å². The molecule has 94 valence electrons. The van der Waals surface area contributed by atoms with Crippen LogP contribution < -0.4 is 0 Å². The molecule has 16 heavy (non-hydrogen) atoms. The van der Waals surface area contributed by atoms with Crippen LogP contribution in [0.25, 0.3) is 0 Å². The van der Waals surface area contributed by atoms with Crippen molar-refractivity contribution in [1.29, 1.82) is 0 Å². The number of hydrogen-bond acceptors (Lipinski definition) is 3. The van der Waals surface area contributed by atoms with Crippen molar-refractivity contribution in [2.75, 3.05) is 18.5 Å². The summed E-state index contributed by atoms with van der Waals surface area (Å²) in [5, 5.41) is 0.702. The van der Waals surface area contributed by atoms with E-state index in [4.69, 9.17) is 9.47 Å². The summed E-state index contributed by atoms with van der Waals surface area (Å²) in [5.41, 5.74) is -0.449. The van der Waals surface area contributed by atoms with E-state index in [-0.39, 0.29) is 18.2 Å². The third kappa shape index (κ3) is 3.63. The Hall–Kier alpha value is -0.290. The molecule has 0 aromatic carbocycles. The average molecular weight is 294 g/mol. The van der Waals surface area contributed by atoms with E-state index in [0.29, 0.717) is 18.5 Å². The van der Waals surface area contributed by atoms with E-state index in [0.717, 1.165) is 0 Å². The molecular weight excluding hydrogens is 274 g/mol. The van der Waals surface area contributed by atoms with Gasteiger partial charge >= 0.3 is 6.09 Å². The lowest BCUT2D eigenvalue weighted by Gasteiger charge is -2.39. The summed E-state index contributed by atoms with van der Waals surface area (Å²) in [6.07, 6.45) is -0.215. The van der Waals surface area contributed by atoms with Crippen molar-refractivity contribution in [3.05, 3.63) is 0 Å². The van der Waals surface area contributed by atoms with E-state index in [2.05, 4.69) is 15.9 Å². The van der Waals surface area contributed by atoms with Gasteiger partial charge in [0.15, 0.2) is 0 Å². The van der Waals surface area contributed by atoms with Crippen LogP contribution in [0.5, 0.6) is 0 Å². The Morgan fingerprint density at radius 1 is 1.56 bits per heavy atom. The fourth-order valence-corrected chi connectivity index (χ4v) is 2.50. The van der Waals surface area contributed by atoms with Crippen LogP contribution in [0, 0.1) is 0 Å². The van der Waals surface area contributed by atoms with E-state index >= 15 is 0 Å². The zero-order valence-corrected chi connectivity index (χ0v) is 11.9. The maximum absolute atomic E-state index is 12.0. The molecule has 1 amide bonds. The SMILES string of the molecule is CC1OCCN(C(=O)OC(C)(C)C)C1CBr. The molecule has 1 fully saturated rings. The van der Waals surface area contributed by atoms with E-state index in [1.165, 1.54) is 0 Å². The molecule has 0 bridgehead atoms. The van der Waals surface area contributed by atoms with Crippen molar-refractivity contribution in [1.82, 2.24) is 4.90 Å². The first kappa shape index (κ1) is 13.8. The molecule has 2 atom stereocenters. The highest BCUT2D eigenvalue weighted by Crippen LogP contribution is 2.19. The van der Waals surface area contributed by atoms with Gasteiger partial charge in [0.05, 0.1) is 18.8 Å². The third-order valence-corrected chi connectivity index (χ3v) is 3.10. The number of rotatable bonds is 1. The van der Waals surface area contributed by atoms with Crippen LogP contribution >= 0.6 is 15.9 Å². The number of ether oxygens (including phenoxy) is 2. The number of amides is 1. The number of hydrogen-bond donors (Lipinski definition) is 0. The van der Waals surface area contributed by atoms with E-state index in [9.17, 15) is 4.79 Å². The fourth-order valence-electron chi connectivity index (χ4n) is 1.62.